The normalized spacial score (nSPS) is 13.2. The lowest BCUT2D eigenvalue weighted by molar-refractivity contribution is -0.139. The minimum absolute atomic E-state index is 0.166. The second-order valence-corrected chi connectivity index (χ2v) is 5.65. The number of rotatable bonds is 8. The van der Waals surface area contributed by atoms with Crippen LogP contribution in [0.25, 0.3) is 0 Å². The molecule has 144 valence electrons. The van der Waals surface area contributed by atoms with Gasteiger partial charge >= 0.3 is 6.09 Å². The molecule has 1 aromatic carbocycles. The minimum Gasteiger partial charge on any atom is -0.409 e. The number of carbonyl (C=O) groups excluding carboxylic acids is 4. The summed E-state index contributed by atoms with van der Waals surface area (Å²) in [5, 5.41) is 3.37. The van der Waals surface area contributed by atoms with Gasteiger partial charge in [0, 0.05) is 30.8 Å². The van der Waals surface area contributed by atoms with Gasteiger partial charge in [-0.3, -0.25) is 14.4 Å². The number of likely N-dealkylation sites (N-methyl/N-ethyl adjacent to an activating group) is 1. The summed E-state index contributed by atoms with van der Waals surface area (Å²) in [6, 6.07) is 5.93. The van der Waals surface area contributed by atoms with Crippen LogP contribution in [-0.2, 0) is 9.59 Å². The Morgan fingerprint density at radius 2 is 1.63 bits per heavy atom. The minimum atomic E-state index is -0.989. The van der Waals surface area contributed by atoms with E-state index in [1.54, 1.807) is 0 Å². The molecule has 0 bridgehead atoms. The monoisotopic (exact) mass is 374 g/mol. The van der Waals surface area contributed by atoms with Crippen LogP contribution in [0.4, 0.5) is 4.79 Å². The molecule has 0 fully saturated rings. The maximum atomic E-state index is 12.1. The van der Waals surface area contributed by atoms with Gasteiger partial charge in [-0.25, -0.2) is 10.2 Å². The molecule has 1 aromatic rings. The van der Waals surface area contributed by atoms with Crippen LogP contribution in [0.3, 0.4) is 0 Å². The van der Waals surface area contributed by atoms with E-state index < -0.39 is 17.9 Å². The summed E-state index contributed by atoms with van der Waals surface area (Å²) in [7, 11) is 0. The number of nitrogens with zero attached hydrogens (tertiary/aromatic N) is 2. The fraction of sp³-hybridized carbons (Fsp3) is 0.333. The van der Waals surface area contributed by atoms with Crippen molar-refractivity contribution in [2.24, 2.45) is 0 Å². The molecule has 0 radical (unpaired) electrons. The van der Waals surface area contributed by atoms with Crippen LogP contribution < -0.4 is 15.5 Å². The number of ether oxygens (including phenoxy) is 1. The molecular formula is C18H22N4O5. The summed E-state index contributed by atoms with van der Waals surface area (Å²) < 4.78 is 4.99. The third-order valence-electron chi connectivity index (χ3n) is 3.95. The average molecular weight is 374 g/mol. The molecule has 27 heavy (non-hydrogen) atoms. The van der Waals surface area contributed by atoms with E-state index in [2.05, 4.69) is 24.1 Å². The molecule has 0 aliphatic carbocycles. The molecule has 2 N–H and O–H groups in total. The molecule has 1 aliphatic rings. The lowest BCUT2D eigenvalue weighted by Crippen LogP contribution is -2.47. The zero-order valence-corrected chi connectivity index (χ0v) is 15.2. The van der Waals surface area contributed by atoms with Crippen LogP contribution in [0, 0.1) is 0 Å². The fourth-order valence-corrected chi connectivity index (χ4v) is 2.38. The lowest BCUT2D eigenvalue weighted by Gasteiger charge is -2.18. The molecule has 2 rings (SSSR count). The maximum absolute atomic E-state index is 12.1. The highest BCUT2D eigenvalue weighted by atomic mass is 16.6. The van der Waals surface area contributed by atoms with Gasteiger partial charge in [-0.1, -0.05) is 13.8 Å². The van der Waals surface area contributed by atoms with Crippen molar-refractivity contribution in [3.05, 3.63) is 42.0 Å². The van der Waals surface area contributed by atoms with E-state index in [4.69, 9.17) is 4.74 Å². The summed E-state index contributed by atoms with van der Waals surface area (Å²) in [4.78, 5) is 48.8. The molecular weight excluding hydrogens is 352 g/mol. The van der Waals surface area contributed by atoms with Crippen molar-refractivity contribution in [3.8, 4) is 5.75 Å². The molecule has 0 saturated heterocycles. The Labute approximate surface area is 156 Å². The van der Waals surface area contributed by atoms with Crippen molar-refractivity contribution >= 4 is 23.8 Å². The molecule has 0 unspecified atom stereocenters. The van der Waals surface area contributed by atoms with E-state index >= 15 is 0 Å². The van der Waals surface area contributed by atoms with Gasteiger partial charge in [0.2, 0.25) is 0 Å². The van der Waals surface area contributed by atoms with Gasteiger partial charge in [0.25, 0.3) is 17.7 Å². The Morgan fingerprint density at radius 1 is 1.04 bits per heavy atom. The quantitative estimate of drug-likeness (QED) is 0.648. The van der Waals surface area contributed by atoms with Gasteiger partial charge in [0.05, 0.1) is 0 Å². The average Bonchev–Trinajstić information content (AvgIpc) is 2.97. The Balaban J connectivity index is 1.82. The number of imide groups is 1. The third kappa shape index (κ3) is 5.65. The first-order valence-electron chi connectivity index (χ1n) is 8.59. The van der Waals surface area contributed by atoms with Gasteiger partial charge in [0.15, 0.2) is 0 Å². The van der Waals surface area contributed by atoms with E-state index in [1.165, 1.54) is 24.3 Å². The van der Waals surface area contributed by atoms with Crippen molar-refractivity contribution in [1.82, 2.24) is 20.7 Å². The summed E-state index contributed by atoms with van der Waals surface area (Å²) in [5.41, 5.74) is 2.47. The molecule has 0 spiro atoms. The Morgan fingerprint density at radius 3 is 2.19 bits per heavy atom. The summed E-state index contributed by atoms with van der Waals surface area (Å²) in [6.45, 7) is 7.27. The first-order chi connectivity index (χ1) is 12.9. The molecule has 1 heterocycles. The van der Waals surface area contributed by atoms with E-state index in [0.29, 0.717) is 17.1 Å². The second kappa shape index (κ2) is 9.48. The first kappa shape index (κ1) is 20.1. The van der Waals surface area contributed by atoms with Crippen molar-refractivity contribution in [1.29, 1.82) is 0 Å². The topological polar surface area (TPSA) is 108 Å². The Kier molecular flexibility index (Phi) is 7.07. The second-order valence-electron chi connectivity index (χ2n) is 5.65. The number of benzene rings is 1. The van der Waals surface area contributed by atoms with Crippen LogP contribution in [0.5, 0.6) is 5.75 Å². The number of carbonyl (C=O) groups is 4. The summed E-state index contributed by atoms with van der Waals surface area (Å²) in [5.74, 6) is -1.38. The molecule has 9 heteroatoms. The first-order valence-corrected chi connectivity index (χ1v) is 8.59. The molecule has 1 aliphatic heterocycles. The van der Waals surface area contributed by atoms with Crippen molar-refractivity contribution in [2.75, 3.05) is 26.2 Å². The van der Waals surface area contributed by atoms with Crippen molar-refractivity contribution in [3.63, 3.8) is 0 Å². The zero-order valence-electron chi connectivity index (χ0n) is 15.2. The molecule has 4 amide bonds. The number of hydrogen-bond donors (Lipinski definition) is 2. The largest absolute Gasteiger partial charge is 0.432 e. The lowest BCUT2D eigenvalue weighted by atomic mass is 10.2. The van der Waals surface area contributed by atoms with Gasteiger partial charge in [-0.05, 0) is 37.4 Å². The van der Waals surface area contributed by atoms with E-state index in [0.717, 1.165) is 31.8 Å². The highest BCUT2D eigenvalue weighted by molar-refractivity contribution is 6.13. The summed E-state index contributed by atoms with van der Waals surface area (Å²) >= 11 is 0. The van der Waals surface area contributed by atoms with Crippen LogP contribution in [0.1, 0.15) is 24.2 Å². The number of hydrogen-bond acceptors (Lipinski definition) is 6. The third-order valence-corrected chi connectivity index (χ3v) is 3.95. The molecule has 0 atom stereocenters. The molecule has 9 nitrogen and oxygen atoms in total. The van der Waals surface area contributed by atoms with Crippen LogP contribution in [0.15, 0.2) is 36.4 Å². The van der Waals surface area contributed by atoms with Gasteiger partial charge in [-0.15, -0.1) is 0 Å². The fourth-order valence-electron chi connectivity index (χ4n) is 2.38. The van der Waals surface area contributed by atoms with Crippen molar-refractivity contribution in [2.45, 2.75) is 13.8 Å². The van der Waals surface area contributed by atoms with Crippen LogP contribution in [-0.4, -0.2) is 59.9 Å². The summed E-state index contributed by atoms with van der Waals surface area (Å²) in [6.07, 6.45) is 1.09. The van der Waals surface area contributed by atoms with E-state index in [9.17, 15) is 19.2 Å². The number of amides is 4. The van der Waals surface area contributed by atoms with Gasteiger partial charge < -0.3 is 15.0 Å². The Hall–Kier alpha value is -3.20. The predicted octanol–water partition coefficient (Wildman–Crippen LogP) is 0.687. The van der Waals surface area contributed by atoms with Crippen molar-refractivity contribution < 1.29 is 23.9 Å². The van der Waals surface area contributed by atoms with Gasteiger partial charge in [0.1, 0.15) is 5.75 Å². The SMILES string of the molecule is CCN(CC)CCNC(=O)c1ccc(OC(=O)NN2C(=O)C=CC2=O)cc1. The predicted molar refractivity (Wildman–Crippen MR) is 96.7 cm³/mol. The number of nitrogens with one attached hydrogen (secondary N) is 2. The number of hydrazine groups is 1. The van der Waals surface area contributed by atoms with E-state index in [1.807, 2.05) is 5.43 Å². The van der Waals surface area contributed by atoms with Crippen LogP contribution >= 0.6 is 0 Å². The highest BCUT2D eigenvalue weighted by Gasteiger charge is 2.26. The zero-order chi connectivity index (χ0) is 19.8. The molecule has 0 saturated carbocycles. The van der Waals surface area contributed by atoms with Crippen LogP contribution in [0.2, 0.25) is 0 Å². The smallest absolute Gasteiger partial charge is 0.409 e. The maximum Gasteiger partial charge on any atom is 0.432 e. The Bertz CT molecular complexity index is 723. The van der Waals surface area contributed by atoms with Gasteiger partial charge in [-0.2, -0.15) is 5.01 Å². The highest BCUT2D eigenvalue weighted by Crippen LogP contribution is 2.12. The standard InChI is InChI=1S/C18H22N4O5/c1-3-21(4-2)12-11-19-17(25)13-5-7-14(8-6-13)27-18(26)20-22-15(23)9-10-16(22)24/h5-10H,3-4,11-12H2,1-2H3,(H,19,25)(H,20,26). The van der Waals surface area contributed by atoms with E-state index in [-0.39, 0.29) is 11.7 Å². The molecule has 0 aromatic heterocycles.